The topological polar surface area (TPSA) is 90.7 Å². The molecule has 1 saturated heterocycles. The normalized spacial score (nSPS) is 15.9. The Bertz CT molecular complexity index is 1540. The number of amides is 3. The van der Waals surface area contributed by atoms with Crippen LogP contribution in [0.5, 0.6) is 5.75 Å². The number of thioether (sulfide) groups is 1. The van der Waals surface area contributed by atoms with Crippen LogP contribution in [-0.2, 0) is 29.2 Å². The molecule has 3 aromatic rings. The van der Waals surface area contributed by atoms with Crippen molar-refractivity contribution in [2.75, 3.05) is 13.1 Å². The molecule has 3 aromatic carbocycles. The van der Waals surface area contributed by atoms with E-state index < -0.39 is 11.1 Å². The molecule has 0 aliphatic carbocycles. The van der Waals surface area contributed by atoms with Gasteiger partial charge in [-0.25, -0.2) is 0 Å². The van der Waals surface area contributed by atoms with Crippen LogP contribution >= 0.6 is 35.0 Å². The van der Waals surface area contributed by atoms with Crippen LogP contribution in [0.3, 0.4) is 0 Å². The zero-order valence-corrected chi connectivity index (χ0v) is 22.9. The van der Waals surface area contributed by atoms with Crippen molar-refractivity contribution in [2.45, 2.75) is 19.6 Å². The summed E-state index contributed by atoms with van der Waals surface area (Å²) in [5.74, 6) is -0.583. The predicted molar refractivity (Wildman–Crippen MR) is 150 cm³/mol. The summed E-state index contributed by atoms with van der Waals surface area (Å²) in [4.78, 5) is 41.4. The quantitative estimate of drug-likeness (QED) is 0.330. The van der Waals surface area contributed by atoms with Gasteiger partial charge in [0, 0.05) is 18.7 Å². The number of benzene rings is 3. The summed E-state index contributed by atoms with van der Waals surface area (Å²) in [5.41, 5.74) is 3.95. The number of nitrogens with zero attached hydrogens (tertiary/aromatic N) is 3. The number of hydrogen-bond donors (Lipinski definition) is 0. The molecule has 0 aromatic heterocycles. The van der Waals surface area contributed by atoms with Crippen LogP contribution < -0.4 is 4.74 Å². The van der Waals surface area contributed by atoms with Crippen LogP contribution in [0.2, 0.25) is 10.0 Å². The first-order valence-corrected chi connectivity index (χ1v) is 13.6. The molecule has 5 rings (SSSR count). The van der Waals surface area contributed by atoms with Crippen molar-refractivity contribution in [2.24, 2.45) is 0 Å². The van der Waals surface area contributed by atoms with E-state index in [-0.39, 0.29) is 39.8 Å². The van der Waals surface area contributed by atoms with Crippen molar-refractivity contribution < 1.29 is 19.1 Å². The molecule has 2 aliphatic rings. The number of halogens is 2. The van der Waals surface area contributed by atoms with Gasteiger partial charge in [-0.05, 0) is 59.1 Å². The molecule has 1 fully saturated rings. The van der Waals surface area contributed by atoms with E-state index in [2.05, 4.69) is 6.07 Å². The fourth-order valence-corrected chi connectivity index (χ4v) is 5.89. The van der Waals surface area contributed by atoms with E-state index in [1.54, 1.807) is 41.3 Å². The summed E-state index contributed by atoms with van der Waals surface area (Å²) in [6.07, 6.45) is 2.24. The molecule has 0 bridgehead atoms. The fourth-order valence-electron chi connectivity index (χ4n) is 4.44. The Morgan fingerprint density at radius 3 is 2.49 bits per heavy atom. The van der Waals surface area contributed by atoms with Crippen LogP contribution in [0.4, 0.5) is 4.79 Å². The van der Waals surface area contributed by atoms with E-state index in [0.717, 1.165) is 28.6 Å². The van der Waals surface area contributed by atoms with Gasteiger partial charge in [0.25, 0.3) is 11.1 Å². The van der Waals surface area contributed by atoms with E-state index >= 15 is 0 Å². The third-order valence-corrected chi connectivity index (χ3v) is 7.95. The summed E-state index contributed by atoms with van der Waals surface area (Å²) in [5, 5.41) is 9.18. The molecule has 0 unspecified atom stereocenters. The smallest absolute Gasteiger partial charge is 0.294 e. The highest BCUT2D eigenvalue weighted by Gasteiger charge is 2.37. The summed E-state index contributed by atoms with van der Waals surface area (Å²) in [6, 6.07) is 20.2. The van der Waals surface area contributed by atoms with Crippen LogP contribution in [0, 0.1) is 11.3 Å². The molecular weight excluding hydrogens is 557 g/mol. The number of nitriles is 1. The number of imide groups is 1. The lowest BCUT2D eigenvalue weighted by molar-refractivity contribution is -0.136. The third-order valence-electron chi connectivity index (χ3n) is 6.48. The molecule has 3 amide bonds. The van der Waals surface area contributed by atoms with Gasteiger partial charge in [-0.2, -0.15) is 5.26 Å². The lowest BCUT2D eigenvalue weighted by Gasteiger charge is -2.29. The van der Waals surface area contributed by atoms with Gasteiger partial charge in [0.05, 0.1) is 26.6 Å². The van der Waals surface area contributed by atoms with Crippen LogP contribution in [0.15, 0.2) is 65.6 Å². The van der Waals surface area contributed by atoms with Gasteiger partial charge in [-0.3, -0.25) is 19.3 Å². The number of hydrogen-bond acceptors (Lipinski definition) is 6. The average Bonchev–Trinajstić information content (AvgIpc) is 3.19. The Hall–Kier alpha value is -3.77. The lowest BCUT2D eigenvalue weighted by Crippen LogP contribution is -2.44. The Morgan fingerprint density at radius 2 is 1.74 bits per heavy atom. The molecule has 0 spiro atoms. The molecule has 0 radical (unpaired) electrons. The highest BCUT2D eigenvalue weighted by atomic mass is 35.5. The van der Waals surface area contributed by atoms with Crippen molar-refractivity contribution >= 4 is 58.1 Å². The maximum absolute atomic E-state index is 13.0. The number of rotatable bonds is 6. The van der Waals surface area contributed by atoms with E-state index in [4.69, 9.17) is 27.9 Å². The van der Waals surface area contributed by atoms with Gasteiger partial charge in [-0.1, -0.05) is 65.7 Å². The molecule has 39 heavy (non-hydrogen) atoms. The Kier molecular flexibility index (Phi) is 7.94. The first kappa shape index (κ1) is 26.8. The SMILES string of the molecule is N#Cc1ccccc1COc1c(Cl)cc(/C=C2\SC(=O)N(CC(=O)N3CCc4ccccc4C3)C2=O)cc1Cl. The summed E-state index contributed by atoms with van der Waals surface area (Å²) < 4.78 is 5.79. The first-order valence-electron chi connectivity index (χ1n) is 12.0. The van der Waals surface area contributed by atoms with Crippen molar-refractivity contribution in [3.8, 4) is 11.8 Å². The Balaban J connectivity index is 1.26. The molecule has 7 nitrogen and oxygen atoms in total. The summed E-state index contributed by atoms with van der Waals surface area (Å²) >= 11 is 13.6. The monoisotopic (exact) mass is 577 g/mol. The minimum atomic E-state index is -0.545. The molecule has 2 heterocycles. The van der Waals surface area contributed by atoms with Gasteiger partial charge in [0.2, 0.25) is 5.91 Å². The molecular formula is C29H21Cl2N3O4S. The highest BCUT2D eigenvalue weighted by Crippen LogP contribution is 2.38. The molecule has 196 valence electrons. The van der Waals surface area contributed by atoms with E-state index in [1.165, 1.54) is 11.6 Å². The van der Waals surface area contributed by atoms with Gasteiger partial charge in [0.15, 0.2) is 5.75 Å². The van der Waals surface area contributed by atoms with Gasteiger partial charge in [0.1, 0.15) is 13.2 Å². The Labute approximate surface area is 239 Å². The minimum Gasteiger partial charge on any atom is -0.486 e. The van der Waals surface area contributed by atoms with E-state index in [9.17, 15) is 19.6 Å². The van der Waals surface area contributed by atoms with Gasteiger partial charge >= 0.3 is 0 Å². The summed E-state index contributed by atoms with van der Waals surface area (Å²) in [6.45, 7) is 0.769. The van der Waals surface area contributed by atoms with Crippen LogP contribution in [-0.4, -0.2) is 39.9 Å². The minimum absolute atomic E-state index is 0.0953. The molecule has 2 aliphatic heterocycles. The van der Waals surface area contributed by atoms with Gasteiger partial charge in [-0.15, -0.1) is 0 Å². The number of ether oxygens (including phenoxy) is 1. The highest BCUT2D eigenvalue weighted by molar-refractivity contribution is 8.18. The lowest BCUT2D eigenvalue weighted by atomic mass is 10.00. The maximum Gasteiger partial charge on any atom is 0.294 e. The fraction of sp³-hybridized carbons (Fsp3) is 0.172. The predicted octanol–water partition coefficient (Wildman–Crippen LogP) is 6.07. The Morgan fingerprint density at radius 1 is 1.05 bits per heavy atom. The summed E-state index contributed by atoms with van der Waals surface area (Å²) in [7, 11) is 0. The second-order valence-corrected chi connectivity index (χ2v) is 10.8. The van der Waals surface area contributed by atoms with Crippen molar-refractivity contribution in [1.29, 1.82) is 5.26 Å². The zero-order chi connectivity index (χ0) is 27.5. The second-order valence-electron chi connectivity index (χ2n) is 8.97. The molecule has 10 heteroatoms. The van der Waals surface area contributed by atoms with Crippen LogP contribution in [0.25, 0.3) is 6.08 Å². The first-order chi connectivity index (χ1) is 18.8. The molecule has 0 saturated carbocycles. The van der Waals surface area contributed by atoms with Gasteiger partial charge < -0.3 is 9.64 Å². The van der Waals surface area contributed by atoms with E-state index in [1.807, 2.05) is 24.3 Å². The maximum atomic E-state index is 13.0. The van der Waals surface area contributed by atoms with E-state index in [0.29, 0.717) is 29.8 Å². The average molecular weight is 578 g/mol. The van der Waals surface area contributed by atoms with Crippen molar-refractivity contribution in [3.05, 3.63) is 103 Å². The van der Waals surface area contributed by atoms with Crippen molar-refractivity contribution in [1.82, 2.24) is 9.80 Å². The van der Waals surface area contributed by atoms with Crippen LogP contribution in [0.1, 0.15) is 27.8 Å². The molecule has 0 N–H and O–H groups in total. The third kappa shape index (κ3) is 5.81. The number of carbonyl (C=O) groups excluding carboxylic acids is 3. The standard InChI is InChI=1S/C29H21Cl2N3O4S/c30-23-11-18(12-24(31)27(23)38-17-22-8-4-2-6-20(22)14-32)13-25-28(36)34(29(37)39-25)16-26(35)33-10-9-19-5-1-3-7-21(19)15-33/h1-8,11-13H,9-10,15-17H2/b25-13-. The molecule has 0 atom stereocenters. The number of carbonyl (C=O) groups is 3. The largest absolute Gasteiger partial charge is 0.486 e. The van der Waals surface area contributed by atoms with Crippen molar-refractivity contribution in [3.63, 3.8) is 0 Å². The second kappa shape index (κ2) is 11.5. The zero-order valence-electron chi connectivity index (χ0n) is 20.5. The number of fused-ring (bicyclic) bond motifs is 1.